The van der Waals surface area contributed by atoms with E-state index < -0.39 is 8.32 Å². The van der Waals surface area contributed by atoms with Crippen molar-refractivity contribution in [3.05, 3.63) is 12.7 Å². The Hall–Kier alpha value is -2.04. The SMILES string of the molecule is C=NO[C@H]1C[C@H](n2cnc3c(N)ncnc32)O[C@@H]1CO[Si](C)(C)C(C)(C)C. The lowest BCUT2D eigenvalue weighted by Crippen LogP contribution is -2.44. The van der Waals surface area contributed by atoms with Gasteiger partial charge in [0.25, 0.3) is 0 Å². The lowest BCUT2D eigenvalue weighted by Gasteiger charge is -2.37. The van der Waals surface area contributed by atoms with Gasteiger partial charge in [-0.3, -0.25) is 4.57 Å². The van der Waals surface area contributed by atoms with Gasteiger partial charge < -0.3 is 19.7 Å². The molecular formula is C17H28N6O3Si. The Morgan fingerprint density at radius 2 is 2.11 bits per heavy atom. The monoisotopic (exact) mass is 392 g/mol. The summed E-state index contributed by atoms with van der Waals surface area (Å²) in [5, 5.41) is 3.73. The van der Waals surface area contributed by atoms with Crippen molar-refractivity contribution in [3.8, 4) is 0 Å². The van der Waals surface area contributed by atoms with Gasteiger partial charge in [0, 0.05) is 13.1 Å². The van der Waals surface area contributed by atoms with Crippen LogP contribution in [0.2, 0.25) is 18.1 Å². The minimum Gasteiger partial charge on any atom is -0.414 e. The molecule has 0 aromatic carbocycles. The molecule has 2 aromatic heterocycles. The molecule has 0 saturated carbocycles. The first-order valence-electron chi connectivity index (χ1n) is 8.98. The summed E-state index contributed by atoms with van der Waals surface area (Å²) in [5.41, 5.74) is 7.06. The molecule has 1 saturated heterocycles. The summed E-state index contributed by atoms with van der Waals surface area (Å²) in [6.07, 6.45) is 2.85. The van der Waals surface area contributed by atoms with Gasteiger partial charge in [0.05, 0.1) is 12.9 Å². The molecule has 3 heterocycles. The van der Waals surface area contributed by atoms with Crippen LogP contribution in [-0.4, -0.2) is 53.4 Å². The van der Waals surface area contributed by atoms with Crippen molar-refractivity contribution < 1.29 is 14.0 Å². The summed E-state index contributed by atoms with van der Waals surface area (Å²) >= 11 is 0. The van der Waals surface area contributed by atoms with Gasteiger partial charge in [0.1, 0.15) is 24.2 Å². The Morgan fingerprint density at radius 3 is 2.78 bits per heavy atom. The van der Waals surface area contributed by atoms with Gasteiger partial charge in [0.2, 0.25) is 0 Å². The second-order valence-electron chi connectivity index (χ2n) is 8.29. The van der Waals surface area contributed by atoms with Crippen LogP contribution in [0.4, 0.5) is 5.82 Å². The van der Waals surface area contributed by atoms with E-state index in [0.717, 1.165) is 0 Å². The number of nitrogen functional groups attached to an aromatic ring is 1. The first kappa shape index (κ1) is 19.7. The lowest BCUT2D eigenvalue weighted by atomic mass is 10.2. The van der Waals surface area contributed by atoms with Crippen molar-refractivity contribution in [2.75, 3.05) is 12.3 Å². The number of nitrogens with two attached hydrogens (primary N) is 1. The maximum Gasteiger partial charge on any atom is 0.192 e. The molecule has 10 heteroatoms. The van der Waals surface area contributed by atoms with E-state index >= 15 is 0 Å². The smallest absolute Gasteiger partial charge is 0.192 e. The Balaban J connectivity index is 1.78. The van der Waals surface area contributed by atoms with Gasteiger partial charge in [-0.2, -0.15) is 0 Å². The van der Waals surface area contributed by atoms with E-state index in [2.05, 4.69) is 60.7 Å². The number of oxime groups is 1. The third kappa shape index (κ3) is 3.82. The van der Waals surface area contributed by atoms with E-state index in [1.165, 1.54) is 6.33 Å². The molecule has 3 rings (SSSR count). The van der Waals surface area contributed by atoms with E-state index in [1.54, 1.807) is 6.33 Å². The summed E-state index contributed by atoms with van der Waals surface area (Å²) in [6, 6.07) is 0. The number of ether oxygens (including phenoxy) is 1. The number of fused-ring (bicyclic) bond motifs is 1. The number of aromatic nitrogens is 4. The summed E-state index contributed by atoms with van der Waals surface area (Å²) in [7, 11) is -1.90. The zero-order chi connectivity index (χ0) is 19.8. The molecule has 0 amide bonds. The lowest BCUT2D eigenvalue weighted by molar-refractivity contribution is -0.0568. The van der Waals surface area contributed by atoms with Crippen LogP contribution in [0.25, 0.3) is 11.2 Å². The molecule has 9 nitrogen and oxygen atoms in total. The Bertz CT molecular complexity index is 819. The largest absolute Gasteiger partial charge is 0.414 e. The number of nitrogens with zero attached hydrogens (tertiary/aromatic N) is 5. The summed E-state index contributed by atoms with van der Waals surface area (Å²) in [4.78, 5) is 18.0. The molecule has 148 valence electrons. The minimum absolute atomic E-state index is 0.118. The molecule has 0 unspecified atom stereocenters. The van der Waals surface area contributed by atoms with Crippen molar-refractivity contribution >= 4 is 32.0 Å². The minimum atomic E-state index is -1.90. The first-order valence-corrected chi connectivity index (χ1v) is 11.9. The highest BCUT2D eigenvalue weighted by Gasteiger charge is 2.43. The number of hydrogen-bond acceptors (Lipinski definition) is 8. The average Bonchev–Trinajstić information content (AvgIpc) is 3.17. The van der Waals surface area contributed by atoms with Gasteiger partial charge in [-0.1, -0.05) is 20.8 Å². The van der Waals surface area contributed by atoms with Crippen molar-refractivity contribution in [2.24, 2.45) is 5.16 Å². The fourth-order valence-electron chi connectivity index (χ4n) is 2.82. The molecular weight excluding hydrogens is 364 g/mol. The number of hydrogen-bond donors (Lipinski definition) is 1. The van der Waals surface area contributed by atoms with E-state index in [0.29, 0.717) is 30.0 Å². The number of anilines is 1. The fourth-order valence-corrected chi connectivity index (χ4v) is 3.83. The van der Waals surface area contributed by atoms with Crippen molar-refractivity contribution in [3.63, 3.8) is 0 Å². The highest BCUT2D eigenvalue weighted by molar-refractivity contribution is 6.74. The predicted molar refractivity (Wildman–Crippen MR) is 106 cm³/mol. The average molecular weight is 393 g/mol. The molecule has 0 aliphatic carbocycles. The van der Waals surface area contributed by atoms with Crippen LogP contribution < -0.4 is 5.73 Å². The third-order valence-electron chi connectivity index (χ3n) is 5.50. The Labute approximate surface area is 160 Å². The third-order valence-corrected chi connectivity index (χ3v) is 10.0. The van der Waals surface area contributed by atoms with Crippen molar-refractivity contribution in [1.82, 2.24) is 19.5 Å². The highest BCUT2D eigenvalue weighted by Crippen LogP contribution is 2.38. The highest BCUT2D eigenvalue weighted by atomic mass is 28.4. The van der Waals surface area contributed by atoms with Crippen LogP contribution in [0.1, 0.15) is 33.4 Å². The Morgan fingerprint density at radius 1 is 1.37 bits per heavy atom. The normalized spacial score (nSPS) is 23.7. The van der Waals surface area contributed by atoms with Gasteiger partial charge in [0.15, 0.2) is 25.9 Å². The molecule has 0 radical (unpaired) electrons. The fraction of sp³-hybridized carbons (Fsp3) is 0.647. The number of imidazole rings is 1. The van der Waals surface area contributed by atoms with E-state index in [1.807, 2.05) is 4.57 Å². The standard InChI is InChI=1S/C17H28N6O3Si/c1-17(2,3)27(5,6)24-8-12-11(26-19-4)7-13(25-12)23-10-22-14-15(18)20-9-21-16(14)23/h9-13H,4,7-8H2,1-3,5-6H3,(H2,18,20,21)/t11-,12+,13+/m0/s1. The summed E-state index contributed by atoms with van der Waals surface area (Å²) < 4.78 is 14.4. The zero-order valence-corrected chi connectivity index (χ0v) is 17.5. The van der Waals surface area contributed by atoms with E-state index in [9.17, 15) is 0 Å². The molecule has 1 aliphatic rings. The Kier molecular flexibility index (Phi) is 5.24. The molecule has 1 aliphatic heterocycles. The maximum absolute atomic E-state index is 6.33. The molecule has 0 spiro atoms. The van der Waals surface area contributed by atoms with Crippen LogP contribution in [0.3, 0.4) is 0 Å². The first-order chi connectivity index (χ1) is 12.6. The summed E-state index contributed by atoms with van der Waals surface area (Å²) in [5.74, 6) is 0.343. The van der Waals surface area contributed by atoms with Crippen LogP contribution in [-0.2, 0) is 14.0 Å². The molecule has 1 fully saturated rings. The predicted octanol–water partition coefficient (Wildman–Crippen LogP) is 2.72. The van der Waals surface area contributed by atoms with Crippen molar-refractivity contribution in [1.29, 1.82) is 0 Å². The van der Waals surface area contributed by atoms with E-state index in [4.69, 9.17) is 19.7 Å². The molecule has 2 N–H and O–H groups in total. The summed E-state index contributed by atoms with van der Waals surface area (Å²) in [6.45, 7) is 14.9. The topological polar surface area (TPSA) is 110 Å². The number of rotatable bonds is 6. The van der Waals surface area contributed by atoms with Gasteiger partial charge >= 0.3 is 0 Å². The van der Waals surface area contributed by atoms with Gasteiger partial charge in [-0.25, -0.2) is 15.0 Å². The second-order valence-corrected chi connectivity index (χ2v) is 13.1. The molecule has 27 heavy (non-hydrogen) atoms. The zero-order valence-electron chi connectivity index (χ0n) is 16.5. The van der Waals surface area contributed by atoms with Gasteiger partial charge in [-0.05, 0) is 18.1 Å². The van der Waals surface area contributed by atoms with Crippen LogP contribution >= 0.6 is 0 Å². The van der Waals surface area contributed by atoms with Crippen LogP contribution in [0, 0.1) is 0 Å². The van der Waals surface area contributed by atoms with Gasteiger partial charge in [-0.15, -0.1) is 5.16 Å². The van der Waals surface area contributed by atoms with Crippen LogP contribution in [0.5, 0.6) is 0 Å². The van der Waals surface area contributed by atoms with Crippen LogP contribution in [0.15, 0.2) is 17.8 Å². The van der Waals surface area contributed by atoms with E-state index in [-0.39, 0.29) is 23.5 Å². The molecule has 0 bridgehead atoms. The second kappa shape index (κ2) is 7.17. The molecule has 3 atom stereocenters. The maximum atomic E-state index is 6.33. The molecule has 2 aromatic rings. The quantitative estimate of drug-likeness (QED) is 0.457. The van der Waals surface area contributed by atoms with Crippen molar-refractivity contribution in [2.45, 2.75) is 63.8 Å².